The average molecular weight is 304 g/mol. The Balaban J connectivity index is 2.25. The topological polar surface area (TPSA) is 72.2 Å². The molecule has 0 radical (unpaired) electrons. The van der Waals surface area contributed by atoms with Crippen molar-refractivity contribution in [3.8, 4) is 0 Å². The molecule has 1 saturated carbocycles. The van der Waals surface area contributed by atoms with Crippen LogP contribution in [0.15, 0.2) is 23.1 Å². The molecule has 1 fully saturated rings. The van der Waals surface area contributed by atoms with Gasteiger partial charge in [0.2, 0.25) is 10.0 Å². The lowest BCUT2D eigenvalue weighted by Gasteiger charge is -2.19. The monoisotopic (exact) mass is 304 g/mol. The van der Waals surface area contributed by atoms with Gasteiger partial charge in [-0.15, -0.1) is 0 Å². The number of nitrogens with one attached hydrogen (secondary N) is 1. The smallest absolute Gasteiger partial charge is 0.243 e. The summed E-state index contributed by atoms with van der Waals surface area (Å²) in [6.07, 6.45) is 4.71. The number of rotatable bonds is 4. The highest BCUT2D eigenvalue weighted by Gasteiger charge is 2.31. The van der Waals surface area contributed by atoms with E-state index in [1.165, 1.54) is 6.07 Å². The third kappa shape index (κ3) is 3.21. The second kappa shape index (κ2) is 5.68. The Bertz CT molecular complexity index is 563. The second-order valence-electron chi connectivity index (χ2n) is 4.62. The van der Waals surface area contributed by atoms with Crippen molar-refractivity contribution in [2.45, 2.75) is 35.4 Å². The van der Waals surface area contributed by atoms with E-state index >= 15 is 0 Å². The van der Waals surface area contributed by atoms with Gasteiger partial charge in [-0.25, -0.2) is 17.5 Å². The van der Waals surface area contributed by atoms with E-state index in [9.17, 15) is 12.8 Å². The van der Waals surface area contributed by atoms with E-state index < -0.39 is 15.8 Å². The van der Waals surface area contributed by atoms with E-state index in [4.69, 9.17) is 5.73 Å². The molecular weight excluding hydrogens is 287 g/mol. The molecule has 0 saturated heterocycles. The minimum Gasteiger partial charge on any atom is -0.399 e. The zero-order valence-electron chi connectivity index (χ0n) is 10.6. The number of nitrogens with two attached hydrogens (primary N) is 1. The first-order valence-electron chi connectivity index (χ1n) is 6.04. The van der Waals surface area contributed by atoms with Gasteiger partial charge in [0.15, 0.2) is 0 Å². The van der Waals surface area contributed by atoms with Crippen LogP contribution < -0.4 is 10.5 Å². The molecular formula is C12H17FN2O2S2. The number of hydrogen-bond donors (Lipinski definition) is 2. The SMILES string of the molecule is CSC1CCCC1NS(=O)(=O)c1cc(N)ccc1F. The van der Waals surface area contributed by atoms with Gasteiger partial charge in [-0.3, -0.25) is 0 Å². The molecule has 19 heavy (non-hydrogen) atoms. The van der Waals surface area contributed by atoms with Crippen LogP contribution in [0.4, 0.5) is 10.1 Å². The number of sulfonamides is 1. The molecule has 1 aromatic rings. The van der Waals surface area contributed by atoms with E-state index in [0.717, 1.165) is 31.4 Å². The van der Waals surface area contributed by atoms with Crippen molar-refractivity contribution < 1.29 is 12.8 Å². The number of thioether (sulfide) groups is 1. The summed E-state index contributed by atoms with van der Waals surface area (Å²) < 4.78 is 40.6. The Hall–Kier alpha value is -0.790. The molecule has 106 valence electrons. The fourth-order valence-electron chi connectivity index (χ4n) is 2.33. The third-order valence-electron chi connectivity index (χ3n) is 3.31. The van der Waals surface area contributed by atoms with Crippen LogP contribution in [0.5, 0.6) is 0 Å². The summed E-state index contributed by atoms with van der Waals surface area (Å²) in [4.78, 5) is -0.376. The molecule has 0 bridgehead atoms. The van der Waals surface area contributed by atoms with Gasteiger partial charge in [0.05, 0.1) is 0 Å². The number of benzene rings is 1. The van der Waals surface area contributed by atoms with Crippen molar-refractivity contribution >= 4 is 27.5 Å². The molecule has 1 aromatic carbocycles. The predicted octanol–water partition coefficient (Wildman–Crippen LogP) is 1.97. The van der Waals surface area contributed by atoms with Gasteiger partial charge >= 0.3 is 0 Å². The molecule has 2 rings (SSSR count). The number of hydrogen-bond acceptors (Lipinski definition) is 4. The van der Waals surface area contributed by atoms with Gasteiger partial charge < -0.3 is 5.73 Å². The summed E-state index contributed by atoms with van der Waals surface area (Å²) in [6, 6.07) is 3.43. The van der Waals surface area contributed by atoms with Gasteiger partial charge in [-0.2, -0.15) is 11.8 Å². The molecule has 3 N–H and O–H groups in total. The lowest BCUT2D eigenvalue weighted by Crippen LogP contribution is -2.38. The number of nitrogen functional groups attached to an aromatic ring is 1. The first-order valence-corrected chi connectivity index (χ1v) is 8.81. The second-order valence-corrected chi connectivity index (χ2v) is 7.38. The molecule has 2 atom stereocenters. The van der Waals surface area contributed by atoms with Gasteiger partial charge in [-0.1, -0.05) is 6.42 Å². The largest absolute Gasteiger partial charge is 0.399 e. The molecule has 1 aliphatic rings. The van der Waals surface area contributed by atoms with E-state index in [1.807, 2.05) is 6.26 Å². The zero-order valence-corrected chi connectivity index (χ0v) is 12.2. The minimum absolute atomic E-state index is 0.138. The van der Waals surface area contributed by atoms with E-state index in [1.54, 1.807) is 11.8 Å². The van der Waals surface area contributed by atoms with Gasteiger partial charge in [0.25, 0.3) is 0 Å². The summed E-state index contributed by atoms with van der Waals surface area (Å²) in [6.45, 7) is 0. The molecule has 4 nitrogen and oxygen atoms in total. The highest BCUT2D eigenvalue weighted by atomic mass is 32.2. The highest BCUT2D eigenvalue weighted by Crippen LogP contribution is 2.30. The lowest BCUT2D eigenvalue weighted by atomic mass is 10.3. The molecule has 0 aromatic heterocycles. The standard InChI is InChI=1S/C12H17FN2O2S2/c1-18-11-4-2-3-10(11)15-19(16,17)12-7-8(14)5-6-9(12)13/h5-7,10-11,15H,2-4,14H2,1H3. The fraction of sp³-hybridized carbons (Fsp3) is 0.500. The van der Waals surface area contributed by atoms with Crippen molar-refractivity contribution in [2.75, 3.05) is 12.0 Å². The Kier molecular flexibility index (Phi) is 4.37. The lowest BCUT2D eigenvalue weighted by molar-refractivity contribution is 0.539. The van der Waals surface area contributed by atoms with Crippen LogP contribution in [0.3, 0.4) is 0 Å². The number of halogens is 1. The first-order chi connectivity index (χ1) is 8.94. The zero-order chi connectivity index (χ0) is 14.0. The predicted molar refractivity (Wildman–Crippen MR) is 76.1 cm³/mol. The maximum atomic E-state index is 13.6. The Morgan fingerprint density at radius 2 is 2.16 bits per heavy atom. The van der Waals surface area contributed by atoms with E-state index in [-0.39, 0.29) is 21.9 Å². The van der Waals surface area contributed by atoms with Crippen LogP contribution in [0.25, 0.3) is 0 Å². The molecule has 0 aliphatic heterocycles. The first kappa shape index (κ1) is 14.6. The van der Waals surface area contributed by atoms with Crippen molar-refractivity contribution in [3.05, 3.63) is 24.0 Å². The Morgan fingerprint density at radius 1 is 1.42 bits per heavy atom. The molecule has 0 amide bonds. The minimum atomic E-state index is -3.86. The van der Waals surface area contributed by atoms with Crippen LogP contribution in [-0.2, 0) is 10.0 Å². The van der Waals surface area contributed by atoms with Crippen LogP contribution in [0, 0.1) is 5.82 Å². The maximum Gasteiger partial charge on any atom is 0.243 e. The van der Waals surface area contributed by atoms with Crippen LogP contribution in [0.2, 0.25) is 0 Å². The molecule has 0 spiro atoms. The van der Waals surface area contributed by atoms with Gasteiger partial charge in [-0.05, 0) is 37.3 Å². The third-order valence-corrected chi connectivity index (χ3v) is 5.98. The molecule has 1 aliphatic carbocycles. The summed E-state index contributed by atoms with van der Waals surface area (Å²) >= 11 is 1.64. The fourth-order valence-corrected chi connectivity index (χ4v) is 4.78. The summed E-state index contributed by atoms with van der Waals surface area (Å²) in [7, 11) is -3.86. The van der Waals surface area contributed by atoms with Crippen molar-refractivity contribution in [1.29, 1.82) is 0 Å². The van der Waals surface area contributed by atoms with Gasteiger partial charge in [0, 0.05) is 17.0 Å². The highest BCUT2D eigenvalue weighted by molar-refractivity contribution is 7.99. The average Bonchev–Trinajstić information content (AvgIpc) is 2.78. The summed E-state index contributed by atoms with van der Waals surface area (Å²) in [5.41, 5.74) is 5.75. The van der Waals surface area contributed by atoms with E-state index in [0.29, 0.717) is 0 Å². The quantitative estimate of drug-likeness (QED) is 0.834. The van der Waals surface area contributed by atoms with Crippen LogP contribution >= 0.6 is 11.8 Å². The molecule has 0 heterocycles. The maximum absolute atomic E-state index is 13.6. The van der Waals surface area contributed by atoms with Crippen LogP contribution in [-0.4, -0.2) is 26.0 Å². The Labute approximate surface area is 117 Å². The summed E-state index contributed by atoms with van der Waals surface area (Å²) in [5, 5.41) is 0.249. The molecule has 2 unspecified atom stereocenters. The van der Waals surface area contributed by atoms with Crippen molar-refractivity contribution in [1.82, 2.24) is 4.72 Å². The van der Waals surface area contributed by atoms with E-state index in [2.05, 4.69) is 4.72 Å². The Morgan fingerprint density at radius 3 is 2.84 bits per heavy atom. The number of anilines is 1. The molecule has 7 heteroatoms. The van der Waals surface area contributed by atoms with Gasteiger partial charge in [0.1, 0.15) is 10.7 Å². The van der Waals surface area contributed by atoms with Crippen LogP contribution in [0.1, 0.15) is 19.3 Å². The van der Waals surface area contributed by atoms with Crippen molar-refractivity contribution in [2.24, 2.45) is 0 Å². The van der Waals surface area contributed by atoms with Crippen molar-refractivity contribution in [3.63, 3.8) is 0 Å². The summed E-state index contributed by atoms with van der Waals surface area (Å²) in [5.74, 6) is -0.777. The normalized spacial score (nSPS) is 23.7.